The monoisotopic (exact) mass is 443 g/mol. The van der Waals surface area contributed by atoms with Crippen molar-refractivity contribution in [2.24, 2.45) is 0 Å². The molecular weight excluding hydrogens is 414 g/mol. The Balaban J connectivity index is 1.24. The van der Waals surface area contributed by atoms with E-state index in [0.29, 0.717) is 30.6 Å². The van der Waals surface area contributed by atoms with Gasteiger partial charge in [-0.3, -0.25) is 9.36 Å². The van der Waals surface area contributed by atoms with Crippen LogP contribution in [-0.2, 0) is 13.2 Å². The van der Waals surface area contributed by atoms with E-state index in [9.17, 15) is 9.90 Å². The van der Waals surface area contributed by atoms with Crippen LogP contribution in [0.5, 0.6) is 5.75 Å². The molecule has 2 N–H and O–H groups in total. The molecule has 170 valence electrons. The Labute approximate surface area is 193 Å². The third-order valence-corrected chi connectivity index (χ3v) is 5.72. The van der Waals surface area contributed by atoms with E-state index >= 15 is 0 Å². The first-order chi connectivity index (χ1) is 16.1. The average Bonchev–Trinajstić information content (AvgIpc) is 2.87. The molecule has 1 aromatic heterocycles. The normalized spacial score (nSPS) is 13.0. The van der Waals surface area contributed by atoms with Gasteiger partial charge in [0, 0.05) is 12.6 Å². The van der Waals surface area contributed by atoms with Crippen molar-refractivity contribution in [3.63, 3.8) is 0 Å². The first kappa shape index (κ1) is 22.7. The summed E-state index contributed by atoms with van der Waals surface area (Å²) < 4.78 is 7.45. The predicted octanol–water partition coefficient (Wildman–Crippen LogP) is 4.08. The van der Waals surface area contributed by atoms with Gasteiger partial charge < -0.3 is 15.2 Å². The van der Waals surface area contributed by atoms with E-state index in [1.807, 2.05) is 79.7 Å². The lowest BCUT2D eigenvalue weighted by Gasteiger charge is -2.21. The van der Waals surface area contributed by atoms with E-state index in [4.69, 9.17) is 4.74 Å². The summed E-state index contributed by atoms with van der Waals surface area (Å²) in [5.41, 5.74) is 2.63. The van der Waals surface area contributed by atoms with Gasteiger partial charge >= 0.3 is 0 Å². The molecule has 0 aliphatic heterocycles. The minimum absolute atomic E-state index is 0.0248. The van der Waals surface area contributed by atoms with Crippen molar-refractivity contribution in [2.45, 2.75) is 38.6 Å². The molecular formula is C27H29N3O3. The number of hydrogen-bond acceptors (Lipinski definition) is 5. The maximum absolute atomic E-state index is 12.6. The second-order valence-electron chi connectivity index (χ2n) is 8.14. The quantitative estimate of drug-likeness (QED) is 0.361. The van der Waals surface area contributed by atoms with E-state index in [-0.39, 0.29) is 11.6 Å². The van der Waals surface area contributed by atoms with Gasteiger partial charge in [0.15, 0.2) is 0 Å². The average molecular weight is 444 g/mol. The number of nitrogens with one attached hydrogen (secondary N) is 1. The summed E-state index contributed by atoms with van der Waals surface area (Å²) in [7, 11) is 0. The minimum atomic E-state index is -0.641. The second kappa shape index (κ2) is 10.9. The van der Waals surface area contributed by atoms with E-state index in [1.54, 1.807) is 17.0 Å². The van der Waals surface area contributed by atoms with Crippen molar-refractivity contribution >= 4 is 10.9 Å². The molecule has 0 aliphatic carbocycles. The zero-order valence-corrected chi connectivity index (χ0v) is 18.7. The molecule has 0 aliphatic rings. The van der Waals surface area contributed by atoms with Crippen LogP contribution in [0.2, 0.25) is 0 Å². The highest BCUT2D eigenvalue weighted by molar-refractivity contribution is 5.76. The number of aliphatic hydroxyl groups excluding tert-OH is 1. The van der Waals surface area contributed by atoms with Crippen molar-refractivity contribution < 1.29 is 9.84 Å². The van der Waals surface area contributed by atoms with Crippen LogP contribution in [0.1, 0.15) is 30.6 Å². The fraction of sp³-hybridized carbons (Fsp3) is 0.259. The number of aromatic nitrogens is 2. The summed E-state index contributed by atoms with van der Waals surface area (Å²) in [6.07, 6.45) is 1.71. The van der Waals surface area contributed by atoms with Gasteiger partial charge in [0.1, 0.15) is 12.4 Å². The maximum atomic E-state index is 12.6. The van der Waals surface area contributed by atoms with E-state index in [1.165, 1.54) is 0 Å². The molecule has 0 saturated heterocycles. The van der Waals surface area contributed by atoms with Crippen LogP contribution in [-0.4, -0.2) is 27.2 Å². The molecule has 0 saturated carbocycles. The lowest BCUT2D eigenvalue weighted by Crippen LogP contribution is -2.33. The Morgan fingerprint density at radius 2 is 1.73 bits per heavy atom. The molecule has 2 atom stereocenters. The standard InChI is InChI=1S/C27H29N3O3/c1-20(28-16-7-17-30-19-29-25-11-6-5-10-24(25)27(30)32)26(31)22-12-14-23(15-13-22)33-18-21-8-3-2-4-9-21/h2-6,8-15,19-20,26,28,31H,7,16-18H2,1H3. The SMILES string of the molecule is CC(NCCCn1cnc2ccccc2c1=O)C(O)c1ccc(OCc2ccccc2)cc1. The van der Waals surface area contributed by atoms with Crippen molar-refractivity contribution in [2.75, 3.05) is 6.54 Å². The first-order valence-corrected chi connectivity index (χ1v) is 11.2. The molecule has 3 aromatic carbocycles. The molecule has 6 nitrogen and oxygen atoms in total. The molecule has 4 aromatic rings. The topological polar surface area (TPSA) is 76.4 Å². The van der Waals surface area contributed by atoms with E-state index in [2.05, 4.69) is 10.3 Å². The Bertz CT molecular complexity index is 1220. The van der Waals surface area contributed by atoms with Crippen molar-refractivity contribution in [1.82, 2.24) is 14.9 Å². The van der Waals surface area contributed by atoms with Crippen molar-refractivity contribution in [3.8, 4) is 5.75 Å². The number of nitrogens with zero attached hydrogens (tertiary/aromatic N) is 2. The number of aryl methyl sites for hydroxylation is 1. The number of benzene rings is 3. The van der Waals surface area contributed by atoms with Gasteiger partial charge in [0.2, 0.25) is 0 Å². The summed E-state index contributed by atoms with van der Waals surface area (Å²) in [5.74, 6) is 0.768. The van der Waals surface area contributed by atoms with Crippen molar-refractivity contribution in [1.29, 1.82) is 0 Å². The van der Waals surface area contributed by atoms with Crippen LogP contribution in [0, 0.1) is 0 Å². The van der Waals surface area contributed by atoms with Crippen LogP contribution >= 0.6 is 0 Å². The van der Waals surface area contributed by atoms with Gasteiger partial charge in [0.25, 0.3) is 5.56 Å². The highest BCUT2D eigenvalue weighted by atomic mass is 16.5. The number of aliphatic hydroxyl groups is 1. The van der Waals surface area contributed by atoms with Crippen LogP contribution in [0.3, 0.4) is 0 Å². The molecule has 0 radical (unpaired) electrons. The smallest absolute Gasteiger partial charge is 0.261 e. The lowest BCUT2D eigenvalue weighted by molar-refractivity contribution is 0.135. The predicted molar refractivity (Wildman–Crippen MR) is 130 cm³/mol. The van der Waals surface area contributed by atoms with E-state index in [0.717, 1.165) is 23.3 Å². The molecule has 0 bridgehead atoms. The molecule has 0 fully saturated rings. The molecule has 0 amide bonds. The summed E-state index contributed by atoms with van der Waals surface area (Å²) in [6, 6.07) is 24.8. The largest absolute Gasteiger partial charge is 0.489 e. The highest BCUT2D eigenvalue weighted by Crippen LogP contribution is 2.21. The molecule has 33 heavy (non-hydrogen) atoms. The van der Waals surface area contributed by atoms with Crippen LogP contribution in [0.4, 0.5) is 0 Å². The van der Waals surface area contributed by atoms with Gasteiger partial charge in [0.05, 0.1) is 23.3 Å². The van der Waals surface area contributed by atoms with Gasteiger partial charge in [-0.2, -0.15) is 0 Å². The summed E-state index contributed by atoms with van der Waals surface area (Å²) in [4.78, 5) is 16.9. The summed E-state index contributed by atoms with van der Waals surface area (Å²) in [5, 5.41) is 14.7. The van der Waals surface area contributed by atoms with Gasteiger partial charge in [-0.1, -0.05) is 54.6 Å². The number of rotatable bonds is 10. The third kappa shape index (κ3) is 5.86. The fourth-order valence-corrected chi connectivity index (χ4v) is 3.75. The summed E-state index contributed by atoms with van der Waals surface area (Å²) in [6.45, 7) is 3.71. The third-order valence-electron chi connectivity index (χ3n) is 5.72. The maximum Gasteiger partial charge on any atom is 0.261 e. The molecule has 0 spiro atoms. The van der Waals surface area contributed by atoms with Gasteiger partial charge in [-0.15, -0.1) is 0 Å². The molecule has 1 heterocycles. The van der Waals surface area contributed by atoms with Gasteiger partial charge in [-0.25, -0.2) is 4.98 Å². The Morgan fingerprint density at radius 3 is 2.52 bits per heavy atom. The zero-order chi connectivity index (χ0) is 23.0. The van der Waals surface area contributed by atoms with Gasteiger partial charge in [-0.05, 0) is 55.3 Å². The highest BCUT2D eigenvalue weighted by Gasteiger charge is 2.16. The van der Waals surface area contributed by atoms with Crippen LogP contribution < -0.4 is 15.6 Å². The van der Waals surface area contributed by atoms with Crippen molar-refractivity contribution in [3.05, 3.63) is 107 Å². The minimum Gasteiger partial charge on any atom is -0.489 e. The molecule has 4 rings (SSSR count). The number of hydrogen-bond donors (Lipinski definition) is 2. The van der Waals surface area contributed by atoms with Crippen LogP contribution in [0.15, 0.2) is 90.0 Å². The number of fused-ring (bicyclic) bond motifs is 1. The summed E-state index contributed by atoms with van der Waals surface area (Å²) >= 11 is 0. The zero-order valence-electron chi connectivity index (χ0n) is 18.7. The second-order valence-corrected chi connectivity index (χ2v) is 8.14. The Hall–Kier alpha value is -3.48. The van der Waals surface area contributed by atoms with Crippen LogP contribution in [0.25, 0.3) is 10.9 Å². The lowest BCUT2D eigenvalue weighted by atomic mass is 10.0. The first-order valence-electron chi connectivity index (χ1n) is 11.2. The Kier molecular flexibility index (Phi) is 7.50. The Morgan fingerprint density at radius 1 is 1.00 bits per heavy atom. The molecule has 2 unspecified atom stereocenters. The fourth-order valence-electron chi connectivity index (χ4n) is 3.75. The molecule has 6 heteroatoms. The number of para-hydroxylation sites is 1. The number of ether oxygens (including phenoxy) is 1. The van der Waals surface area contributed by atoms with E-state index < -0.39 is 6.10 Å².